The lowest BCUT2D eigenvalue weighted by atomic mass is 9.87. The zero-order valence-corrected chi connectivity index (χ0v) is 19.1. The van der Waals surface area contributed by atoms with Crippen molar-refractivity contribution in [2.45, 2.75) is 69.9 Å². The SMILES string of the molecule is CC(C)(C)c1ccc(CNC(=O)Cc2ccccc2OC2OC(CO)C(O)C(O)C2O)cc1. The van der Waals surface area contributed by atoms with Gasteiger partial charge in [-0.1, -0.05) is 63.2 Å². The molecule has 0 saturated carbocycles. The molecule has 0 radical (unpaired) electrons. The van der Waals surface area contributed by atoms with E-state index >= 15 is 0 Å². The van der Waals surface area contributed by atoms with Gasteiger partial charge in [-0.05, 0) is 22.6 Å². The molecule has 2 aromatic rings. The van der Waals surface area contributed by atoms with Crippen LogP contribution in [0.1, 0.15) is 37.5 Å². The van der Waals surface area contributed by atoms with Crippen molar-refractivity contribution >= 4 is 5.91 Å². The first-order valence-electron chi connectivity index (χ1n) is 11.0. The van der Waals surface area contributed by atoms with E-state index in [1.54, 1.807) is 24.3 Å². The zero-order chi connectivity index (χ0) is 24.2. The molecule has 5 atom stereocenters. The lowest BCUT2D eigenvalue weighted by Crippen LogP contribution is -2.60. The van der Waals surface area contributed by atoms with Gasteiger partial charge in [-0.3, -0.25) is 4.79 Å². The van der Waals surface area contributed by atoms with Gasteiger partial charge < -0.3 is 35.2 Å². The third kappa shape index (κ3) is 6.31. The predicted octanol–water partition coefficient (Wildman–Crippen LogP) is 1.02. The van der Waals surface area contributed by atoms with Crippen molar-refractivity contribution in [3.05, 3.63) is 65.2 Å². The number of aliphatic hydroxyl groups is 4. The minimum absolute atomic E-state index is 0.0354. The van der Waals surface area contributed by atoms with Crippen molar-refractivity contribution in [3.63, 3.8) is 0 Å². The van der Waals surface area contributed by atoms with Gasteiger partial charge in [-0.15, -0.1) is 0 Å². The largest absolute Gasteiger partial charge is 0.462 e. The molecule has 0 aromatic heterocycles. The zero-order valence-electron chi connectivity index (χ0n) is 19.1. The van der Waals surface area contributed by atoms with Gasteiger partial charge in [0.2, 0.25) is 12.2 Å². The van der Waals surface area contributed by atoms with E-state index in [1.165, 1.54) is 5.56 Å². The second kappa shape index (κ2) is 10.6. The lowest BCUT2D eigenvalue weighted by molar-refractivity contribution is -0.277. The van der Waals surface area contributed by atoms with E-state index in [0.717, 1.165) is 5.56 Å². The van der Waals surface area contributed by atoms with Gasteiger partial charge >= 0.3 is 0 Å². The highest BCUT2D eigenvalue weighted by Crippen LogP contribution is 2.27. The number of carbonyl (C=O) groups is 1. The Bertz CT molecular complexity index is 923. The van der Waals surface area contributed by atoms with Crippen molar-refractivity contribution in [1.82, 2.24) is 5.32 Å². The van der Waals surface area contributed by atoms with Gasteiger partial charge in [-0.2, -0.15) is 0 Å². The summed E-state index contributed by atoms with van der Waals surface area (Å²) in [6.07, 6.45) is -6.89. The summed E-state index contributed by atoms with van der Waals surface area (Å²) in [4.78, 5) is 12.6. The summed E-state index contributed by atoms with van der Waals surface area (Å²) < 4.78 is 11.1. The number of benzene rings is 2. The Hall–Kier alpha value is -2.49. The topological polar surface area (TPSA) is 128 Å². The third-order valence-corrected chi connectivity index (χ3v) is 5.72. The standard InChI is InChI=1S/C25H33NO7/c1-25(2,3)17-10-8-15(9-11-17)13-26-20(28)12-16-6-4-5-7-18(16)32-24-23(31)22(30)21(29)19(14-27)33-24/h4-11,19,21-24,27,29-31H,12-14H2,1-3H3,(H,26,28). The fourth-order valence-electron chi connectivity index (χ4n) is 3.61. The molecule has 1 amide bonds. The fourth-order valence-corrected chi connectivity index (χ4v) is 3.61. The second-order valence-corrected chi connectivity index (χ2v) is 9.32. The second-order valence-electron chi connectivity index (χ2n) is 9.32. The molecule has 0 bridgehead atoms. The summed E-state index contributed by atoms with van der Waals surface area (Å²) in [5, 5.41) is 42.3. The molecule has 180 valence electrons. The van der Waals surface area contributed by atoms with Crippen LogP contribution in [0.25, 0.3) is 0 Å². The number of hydrogen-bond donors (Lipinski definition) is 5. The van der Waals surface area contributed by atoms with Crippen LogP contribution in [0.3, 0.4) is 0 Å². The average molecular weight is 460 g/mol. The number of ether oxygens (including phenoxy) is 2. The normalized spacial score (nSPS) is 25.5. The fraction of sp³-hybridized carbons (Fsp3) is 0.480. The van der Waals surface area contributed by atoms with Crippen LogP contribution in [-0.2, 0) is 27.9 Å². The number of aliphatic hydroxyl groups excluding tert-OH is 4. The van der Waals surface area contributed by atoms with Crippen molar-refractivity contribution in [3.8, 4) is 5.75 Å². The van der Waals surface area contributed by atoms with Crippen LogP contribution < -0.4 is 10.1 Å². The van der Waals surface area contributed by atoms with Gasteiger partial charge in [0.05, 0.1) is 13.0 Å². The number of para-hydroxylation sites is 1. The number of amides is 1. The first kappa shape index (κ1) is 25.1. The molecule has 1 aliphatic rings. The maximum Gasteiger partial charge on any atom is 0.229 e. The Morgan fingerprint density at radius 1 is 1.00 bits per heavy atom. The monoisotopic (exact) mass is 459 g/mol. The molecular weight excluding hydrogens is 426 g/mol. The molecule has 1 aliphatic heterocycles. The minimum Gasteiger partial charge on any atom is -0.462 e. The van der Waals surface area contributed by atoms with Gasteiger partial charge in [0.1, 0.15) is 30.2 Å². The molecule has 8 nitrogen and oxygen atoms in total. The molecule has 2 aromatic carbocycles. The van der Waals surface area contributed by atoms with Crippen LogP contribution in [0.5, 0.6) is 5.75 Å². The Balaban J connectivity index is 1.61. The first-order valence-corrected chi connectivity index (χ1v) is 11.0. The highest BCUT2D eigenvalue weighted by atomic mass is 16.7. The molecule has 1 saturated heterocycles. The molecule has 1 heterocycles. The maximum absolute atomic E-state index is 12.6. The summed E-state index contributed by atoms with van der Waals surface area (Å²) in [6, 6.07) is 14.9. The van der Waals surface area contributed by atoms with Crippen LogP contribution in [0, 0.1) is 0 Å². The van der Waals surface area contributed by atoms with E-state index in [4.69, 9.17) is 9.47 Å². The van der Waals surface area contributed by atoms with Crippen LogP contribution >= 0.6 is 0 Å². The van der Waals surface area contributed by atoms with Crippen molar-refractivity contribution in [2.24, 2.45) is 0 Å². The maximum atomic E-state index is 12.6. The summed E-state index contributed by atoms with van der Waals surface area (Å²) in [6.45, 7) is 6.28. The van der Waals surface area contributed by atoms with Crippen molar-refractivity contribution in [2.75, 3.05) is 6.61 Å². The summed E-state index contributed by atoms with van der Waals surface area (Å²) in [5.41, 5.74) is 2.83. The minimum atomic E-state index is -1.54. The van der Waals surface area contributed by atoms with Gasteiger partial charge in [0, 0.05) is 12.1 Å². The molecule has 0 aliphatic carbocycles. The smallest absolute Gasteiger partial charge is 0.229 e. The Morgan fingerprint density at radius 3 is 2.30 bits per heavy atom. The lowest BCUT2D eigenvalue weighted by Gasteiger charge is -2.39. The third-order valence-electron chi connectivity index (χ3n) is 5.72. The van der Waals surface area contributed by atoms with E-state index in [0.29, 0.717) is 17.9 Å². The molecule has 0 spiro atoms. The quantitative estimate of drug-likeness (QED) is 0.418. The molecular formula is C25H33NO7. The molecule has 33 heavy (non-hydrogen) atoms. The highest BCUT2D eigenvalue weighted by Gasteiger charge is 2.44. The number of hydrogen-bond acceptors (Lipinski definition) is 7. The van der Waals surface area contributed by atoms with Gasteiger partial charge in [0.15, 0.2) is 0 Å². The number of carbonyl (C=O) groups excluding carboxylic acids is 1. The highest BCUT2D eigenvalue weighted by molar-refractivity contribution is 5.79. The average Bonchev–Trinajstić information content (AvgIpc) is 2.79. The Morgan fingerprint density at radius 2 is 1.67 bits per heavy atom. The van der Waals surface area contributed by atoms with E-state index < -0.39 is 37.3 Å². The van der Waals surface area contributed by atoms with Crippen LogP contribution in [0.4, 0.5) is 0 Å². The Labute approximate surface area is 193 Å². The van der Waals surface area contributed by atoms with E-state index in [1.807, 2.05) is 12.1 Å². The first-order chi connectivity index (χ1) is 15.6. The molecule has 5 N–H and O–H groups in total. The van der Waals surface area contributed by atoms with E-state index in [2.05, 4.69) is 38.2 Å². The van der Waals surface area contributed by atoms with Crippen molar-refractivity contribution < 1.29 is 34.7 Å². The summed E-state index contributed by atoms with van der Waals surface area (Å²) in [5.74, 6) is 0.0891. The van der Waals surface area contributed by atoms with Crippen molar-refractivity contribution in [1.29, 1.82) is 0 Å². The molecule has 8 heteroatoms. The van der Waals surface area contributed by atoms with Gasteiger partial charge in [-0.25, -0.2) is 0 Å². The number of rotatable bonds is 7. The van der Waals surface area contributed by atoms with Crippen LogP contribution in [0.15, 0.2) is 48.5 Å². The number of nitrogens with one attached hydrogen (secondary N) is 1. The molecule has 1 fully saturated rings. The van der Waals surface area contributed by atoms with E-state index in [9.17, 15) is 25.2 Å². The van der Waals surface area contributed by atoms with Crippen LogP contribution in [-0.4, -0.2) is 63.6 Å². The van der Waals surface area contributed by atoms with E-state index in [-0.39, 0.29) is 17.7 Å². The molecule has 3 rings (SSSR count). The predicted molar refractivity (Wildman–Crippen MR) is 122 cm³/mol. The summed E-state index contributed by atoms with van der Waals surface area (Å²) >= 11 is 0. The van der Waals surface area contributed by atoms with Gasteiger partial charge in [0.25, 0.3) is 0 Å². The van der Waals surface area contributed by atoms with Crippen LogP contribution in [0.2, 0.25) is 0 Å². The molecule has 5 unspecified atom stereocenters. The Kier molecular flexibility index (Phi) is 8.10. The summed E-state index contributed by atoms with van der Waals surface area (Å²) in [7, 11) is 0.